The second-order valence-electron chi connectivity index (χ2n) is 2.31. The van der Waals surface area contributed by atoms with Crippen molar-refractivity contribution < 1.29 is 13.9 Å². The van der Waals surface area contributed by atoms with Crippen molar-refractivity contribution in [1.82, 2.24) is 5.32 Å². The van der Waals surface area contributed by atoms with Gasteiger partial charge in [-0.3, -0.25) is 0 Å². The van der Waals surface area contributed by atoms with Gasteiger partial charge in [0.2, 0.25) is 0 Å². The first kappa shape index (κ1) is 6.27. The molecule has 11 heavy (non-hydrogen) atoms. The summed E-state index contributed by atoms with van der Waals surface area (Å²) in [5, 5.41) is 2.60. The number of furan rings is 1. The maximum atomic E-state index is 10.6. The van der Waals surface area contributed by atoms with Crippen LogP contribution in [-0.2, 0) is 4.74 Å². The molecule has 1 aliphatic rings. The van der Waals surface area contributed by atoms with Crippen molar-refractivity contribution in [3.05, 3.63) is 24.2 Å². The second kappa shape index (κ2) is 2.30. The van der Waals surface area contributed by atoms with Crippen LogP contribution in [0.25, 0.3) is 0 Å². The molecule has 4 heteroatoms. The number of hydrogen-bond donors (Lipinski definition) is 1. The first-order chi connectivity index (χ1) is 5.36. The topological polar surface area (TPSA) is 51.5 Å². The van der Waals surface area contributed by atoms with E-state index in [0.29, 0.717) is 6.61 Å². The monoisotopic (exact) mass is 153 g/mol. The van der Waals surface area contributed by atoms with Gasteiger partial charge in [-0.1, -0.05) is 0 Å². The Morgan fingerprint density at radius 2 is 2.55 bits per heavy atom. The molecule has 0 unspecified atom stereocenters. The second-order valence-corrected chi connectivity index (χ2v) is 2.31. The Morgan fingerprint density at radius 1 is 1.64 bits per heavy atom. The molecule has 1 amide bonds. The smallest absolute Gasteiger partial charge is 0.407 e. The maximum absolute atomic E-state index is 10.6. The van der Waals surface area contributed by atoms with Crippen molar-refractivity contribution in [3.63, 3.8) is 0 Å². The average molecular weight is 153 g/mol. The van der Waals surface area contributed by atoms with Crippen LogP contribution >= 0.6 is 0 Å². The number of amides is 1. The summed E-state index contributed by atoms with van der Waals surface area (Å²) in [6, 6.07) is 3.47. The lowest BCUT2D eigenvalue weighted by Gasteiger charge is -2.00. The molecular formula is C7H7NO3. The number of carbonyl (C=O) groups excluding carboxylic acids is 1. The van der Waals surface area contributed by atoms with Crippen LogP contribution in [0.15, 0.2) is 22.8 Å². The van der Waals surface area contributed by atoms with E-state index in [1.54, 1.807) is 18.4 Å². The van der Waals surface area contributed by atoms with Crippen molar-refractivity contribution in [3.8, 4) is 0 Å². The molecule has 0 bridgehead atoms. The van der Waals surface area contributed by atoms with Crippen LogP contribution in [0.2, 0.25) is 0 Å². The number of carbonyl (C=O) groups is 1. The van der Waals surface area contributed by atoms with Gasteiger partial charge in [-0.05, 0) is 12.1 Å². The van der Waals surface area contributed by atoms with E-state index in [0.717, 1.165) is 5.76 Å². The highest BCUT2D eigenvalue weighted by Gasteiger charge is 2.25. The Kier molecular flexibility index (Phi) is 1.31. The normalized spacial score (nSPS) is 22.9. The number of cyclic esters (lactones) is 1. The average Bonchev–Trinajstić information content (AvgIpc) is 2.55. The van der Waals surface area contributed by atoms with Gasteiger partial charge in [0, 0.05) is 0 Å². The molecule has 1 saturated heterocycles. The molecule has 1 N–H and O–H groups in total. The molecule has 4 nitrogen and oxygen atoms in total. The quantitative estimate of drug-likeness (QED) is 0.656. The summed E-state index contributed by atoms with van der Waals surface area (Å²) in [5.41, 5.74) is 0. The summed E-state index contributed by atoms with van der Waals surface area (Å²) >= 11 is 0. The molecule has 1 aliphatic heterocycles. The fourth-order valence-corrected chi connectivity index (χ4v) is 1.03. The number of alkyl carbamates (subject to hydrolysis) is 1. The lowest BCUT2D eigenvalue weighted by Crippen LogP contribution is -2.17. The zero-order valence-electron chi connectivity index (χ0n) is 5.74. The van der Waals surface area contributed by atoms with Crippen molar-refractivity contribution >= 4 is 6.09 Å². The van der Waals surface area contributed by atoms with Crippen molar-refractivity contribution in [2.75, 3.05) is 6.61 Å². The Morgan fingerprint density at radius 3 is 3.09 bits per heavy atom. The van der Waals surface area contributed by atoms with Gasteiger partial charge < -0.3 is 14.5 Å². The SMILES string of the molecule is O=C1N[C@H](c2ccco2)CO1. The first-order valence-corrected chi connectivity index (χ1v) is 3.33. The molecule has 0 aliphatic carbocycles. The maximum Gasteiger partial charge on any atom is 0.407 e. The van der Waals surface area contributed by atoms with Crippen molar-refractivity contribution in [1.29, 1.82) is 0 Å². The molecule has 0 spiro atoms. The van der Waals surface area contributed by atoms with Crippen LogP contribution in [0.5, 0.6) is 0 Å². The third-order valence-electron chi connectivity index (χ3n) is 1.56. The molecule has 58 valence electrons. The lowest BCUT2D eigenvalue weighted by atomic mass is 10.2. The Hall–Kier alpha value is -1.45. The summed E-state index contributed by atoms with van der Waals surface area (Å²) in [7, 11) is 0. The van der Waals surface area contributed by atoms with Crippen molar-refractivity contribution in [2.24, 2.45) is 0 Å². The highest BCUT2D eigenvalue weighted by atomic mass is 16.6. The Balaban J connectivity index is 2.13. The molecule has 1 atom stereocenters. The zero-order valence-corrected chi connectivity index (χ0v) is 5.74. The van der Waals surface area contributed by atoms with E-state index in [4.69, 9.17) is 4.42 Å². The van der Waals surface area contributed by atoms with Crippen LogP contribution in [0.1, 0.15) is 11.8 Å². The Bertz CT molecular complexity index is 255. The van der Waals surface area contributed by atoms with Gasteiger partial charge in [0.15, 0.2) is 0 Å². The van der Waals surface area contributed by atoms with Gasteiger partial charge >= 0.3 is 6.09 Å². The predicted molar refractivity (Wildman–Crippen MR) is 35.9 cm³/mol. The summed E-state index contributed by atoms with van der Waals surface area (Å²) in [5.74, 6) is 0.732. The number of ether oxygens (including phenoxy) is 1. The molecule has 2 rings (SSSR count). The minimum Gasteiger partial charge on any atom is -0.467 e. The standard InChI is InChI=1S/C7H7NO3/c9-7-8-5(4-11-7)6-2-1-3-10-6/h1-3,5H,4H2,(H,8,9)/t5-/m0/s1. The summed E-state index contributed by atoms with van der Waals surface area (Å²) in [6.07, 6.45) is 1.19. The Labute approximate surface area is 63.1 Å². The van der Waals surface area contributed by atoms with Crippen LogP contribution in [0.3, 0.4) is 0 Å². The number of rotatable bonds is 1. The highest BCUT2D eigenvalue weighted by molar-refractivity contribution is 5.69. The summed E-state index contributed by atoms with van der Waals surface area (Å²) in [4.78, 5) is 10.6. The summed E-state index contributed by atoms with van der Waals surface area (Å²) < 4.78 is 9.75. The molecule has 1 aromatic heterocycles. The van der Waals surface area contributed by atoms with Gasteiger partial charge in [-0.2, -0.15) is 0 Å². The summed E-state index contributed by atoms with van der Waals surface area (Å²) in [6.45, 7) is 0.354. The first-order valence-electron chi connectivity index (χ1n) is 3.33. The molecule has 1 fully saturated rings. The molecule has 1 aromatic rings. The van der Waals surface area contributed by atoms with Gasteiger partial charge in [0.25, 0.3) is 0 Å². The predicted octanol–water partition coefficient (Wildman–Crippen LogP) is 1.06. The molecule has 0 radical (unpaired) electrons. The fourth-order valence-electron chi connectivity index (χ4n) is 1.03. The van der Waals surface area contributed by atoms with Gasteiger partial charge in [-0.15, -0.1) is 0 Å². The van der Waals surface area contributed by atoms with E-state index in [1.165, 1.54) is 0 Å². The largest absolute Gasteiger partial charge is 0.467 e. The zero-order chi connectivity index (χ0) is 7.68. The third kappa shape index (κ3) is 1.07. The molecular weight excluding hydrogens is 146 g/mol. The molecule has 0 aromatic carbocycles. The van der Waals surface area contributed by atoms with E-state index >= 15 is 0 Å². The van der Waals surface area contributed by atoms with Gasteiger partial charge in [-0.25, -0.2) is 4.79 Å². The minimum absolute atomic E-state index is 0.113. The fraction of sp³-hybridized carbons (Fsp3) is 0.286. The van der Waals surface area contributed by atoms with E-state index in [1.807, 2.05) is 0 Å². The van der Waals surface area contributed by atoms with Gasteiger partial charge in [0.1, 0.15) is 18.4 Å². The number of nitrogens with one attached hydrogen (secondary N) is 1. The van der Waals surface area contributed by atoms with Crippen LogP contribution in [-0.4, -0.2) is 12.7 Å². The van der Waals surface area contributed by atoms with Crippen molar-refractivity contribution in [2.45, 2.75) is 6.04 Å². The van der Waals surface area contributed by atoms with Crippen LogP contribution in [0.4, 0.5) is 4.79 Å². The van der Waals surface area contributed by atoms with Gasteiger partial charge in [0.05, 0.1) is 6.26 Å². The van der Waals surface area contributed by atoms with E-state index in [9.17, 15) is 4.79 Å². The van der Waals surface area contributed by atoms with E-state index in [2.05, 4.69) is 10.1 Å². The van der Waals surface area contributed by atoms with E-state index in [-0.39, 0.29) is 12.1 Å². The van der Waals surface area contributed by atoms with Crippen LogP contribution in [0, 0.1) is 0 Å². The molecule has 0 saturated carbocycles. The third-order valence-corrected chi connectivity index (χ3v) is 1.56. The van der Waals surface area contributed by atoms with E-state index < -0.39 is 0 Å². The molecule has 2 heterocycles. The minimum atomic E-state index is -0.383. The number of hydrogen-bond acceptors (Lipinski definition) is 3. The highest BCUT2D eigenvalue weighted by Crippen LogP contribution is 2.17. The van der Waals surface area contributed by atoms with Crippen LogP contribution < -0.4 is 5.32 Å². The lowest BCUT2D eigenvalue weighted by molar-refractivity contribution is 0.176.